The summed E-state index contributed by atoms with van der Waals surface area (Å²) in [7, 11) is 1.69. The number of ether oxygens (including phenoxy) is 1. The van der Waals surface area contributed by atoms with Gasteiger partial charge in [-0.05, 0) is 44.7 Å². The number of furan rings is 1. The Morgan fingerprint density at radius 1 is 1.50 bits per heavy atom. The van der Waals surface area contributed by atoms with Gasteiger partial charge in [-0.3, -0.25) is 4.90 Å². The molecule has 2 unspecified atom stereocenters. The fourth-order valence-corrected chi connectivity index (χ4v) is 2.65. The van der Waals surface area contributed by atoms with Crippen LogP contribution in [0, 0.1) is 5.92 Å². The third kappa shape index (κ3) is 3.41. The summed E-state index contributed by atoms with van der Waals surface area (Å²) in [5, 5.41) is 8.94. The molecule has 5 heteroatoms. The zero-order chi connectivity index (χ0) is 14.7. The van der Waals surface area contributed by atoms with Crippen LogP contribution in [0.1, 0.15) is 49.0 Å². The van der Waals surface area contributed by atoms with Crippen molar-refractivity contribution < 1.29 is 19.1 Å². The van der Waals surface area contributed by atoms with Crippen LogP contribution in [0.2, 0.25) is 0 Å². The number of hydrogen-bond donors (Lipinski definition) is 1. The first-order valence-electron chi connectivity index (χ1n) is 7.12. The van der Waals surface area contributed by atoms with Crippen LogP contribution in [0.3, 0.4) is 0 Å². The predicted molar refractivity (Wildman–Crippen MR) is 74.9 cm³/mol. The molecule has 0 aliphatic heterocycles. The van der Waals surface area contributed by atoms with Crippen LogP contribution < -0.4 is 0 Å². The quantitative estimate of drug-likeness (QED) is 0.794. The fraction of sp³-hybridized carbons (Fsp3) is 0.667. The number of methoxy groups -OCH3 is 1. The first kappa shape index (κ1) is 15.1. The Hall–Kier alpha value is -1.33. The van der Waals surface area contributed by atoms with E-state index in [0.717, 1.165) is 12.5 Å². The average Bonchev–Trinajstić information content (AvgIpc) is 3.15. The lowest BCUT2D eigenvalue weighted by Crippen LogP contribution is -2.39. The van der Waals surface area contributed by atoms with Gasteiger partial charge >= 0.3 is 5.97 Å². The summed E-state index contributed by atoms with van der Waals surface area (Å²) in [5.74, 6) is 0.411. The van der Waals surface area contributed by atoms with Gasteiger partial charge < -0.3 is 14.3 Å². The number of nitrogens with zero attached hydrogens (tertiary/aromatic N) is 1. The second-order valence-corrected chi connectivity index (χ2v) is 5.49. The number of hydrogen-bond acceptors (Lipinski definition) is 4. The summed E-state index contributed by atoms with van der Waals surface area (Å²) < 4.78 is 10.6. The molecule has 1 heterocycles. The molecule has 1 aliphatic rings. The van der Waals surface area contributed by atoms with Gasteiger partial charge in [0, 0.05) is 19.7 Å². The standard InChI is InChI=1S/C15H23NO4/c1-10(12-4-5-12)16(8-9-19-3)11(2)13-6-7-14(20-13)15(17)18/h6-7,10-12H,4-5,8-9H2,1-3H3,(H,17,18). The van der Waals surface area contributed by atoms with E-state index in [0.29, 0.717) is 18.4 Å². The van der Waals surface area contributed by atoms with Gasteiger partial charge in [0.2, 0.25) is 5.76 Å². The molecule has 1 aromatic heterocycles. The van der Waals surface area contributed by atoms with Gasteiger partial charge in [0.15, 0.2) is 0 Å². The second kappa shape index (κ2) is 6.41. The van der Waals surface area contributed by atoms with Crippen molar-refractivity contribution in [3.05, 3.63) is 23.7 Å². The lowest BCUT2D eigenvalue weighted by atomic mass is 10.1. The Labute approximate surface area is 119 Å². The molecule has 0 radical (unpaired) electrons. The van der Waals surface area contributed by atoms with E-state index in [9.17, 15) is 4.79 Å². The van der Waals surface area contributed by atoms with Crippen molar-refractivity contribution >= 4 is 5.97 Å². The molecular formula is C15H23NO4. The van der Waals surface area contributed by atoms with Crippen LogP contribution in [-0.2, 0) is 4.74 Å². The van der Waals surface area contributed by atoms with E-state index in [1.165, 1.54) is 18.9 Å². The summed E-state index contributed by atoms with van der Waals surface area (Å²) in [5.41, 5.74) is 0. The Morgan fingerprint density at radius 2 is 2.20 bits per heavy atom. The highest BCUT2D eigenvalue weighted by molar-refractivity contribution is 5.84. The monoisotopic (exact) mass is 281 g/mol. The van der Waals surface area contributed by atoms with Crippen molar-refractivity contribution in [1.82, 2.24) is 4.90 Å². The van der Waals surface area contributed by atoms with Crippen LogP contribution in [0.25, 0.3) is 0 Å². The second-order valence-electron chi connectivity index (χ2n) is 5.49. The summed E-state index contributed by atoms with van der Waals surface area (Å²) in [6.07, 6.45) is 2.55. The molecule has 1 fully saturated rings. The van der Waals surface area contributed by atoms with Crippen molar-refractivity contribution in [2.24, 2.45) is 5.92 Å². The lowest BCUT2D eigenvalue weighted by Gasteiger charge is -2.33. The molecule has 2 rings (SSSR count). The van der Waals surface area contributed by atoms with Crippen LogP contribution >= 0.6 is 0 Å². The van der Waals surface area contributed by atoms with E-state index < -0.39 is 5.97 Å². The highest BCUT2D eigenvalue weighted by Gasteiger charge is 2.35. The van der Waals surface area contributed by atoms with Gasteiger partial charge in [0.25, 0.3) is 0 Å². The molecular weight excluding hydrogens is 258 g/mol. The van der Waals surface area contributed by atoms with E-state index in [1.807, 2.05) is 0 Å². The van der Waals surface area contributed by atoms with Gasteiger partial charge in [-0.2, -0.15) is 0 Å². The molecule has 1 aliphatic carbocycles. The molecule has 0 aromatic carbocycles. The Balaban J connectivity index is 2.10. The zero-order valence-corrected chi connectivity index (χ0v) is 12.3. The van der Waals surface area contributed by atoms with Crippen LogP contribution in [0.4, 0.5) is 0 Å². The third-order valence-electron chi connectivity index (χ3n) is 4.13. The van der Waals surface area contributed by atoms with Crippen molar-refractivity contribution in [3.63, 3.8) is 0 Å². The largest absolute Gasteiger partial charge is 0.475 e. The summed E-state index contributed by atoms with van der Waals surface area (Å²) in [4.78, 5) is 13.2. The van der Waals surface area contributed by atoms with E-state index in [2.05, 4.69) is 18.7 Å². The molecule has 0 saturated heterocycles. The maximum absolute atomic E-state index is 10.9. The van der Waals surface area contributed by atoms with Crippen molar-refractivity contribution in [2.75, 3.05) is 20.3 Å². The molecule has 2 atom stereocenters. The minimum atomic E-state index is -1.03. The average molecular weight is 281 g/mol. The van der Waals surface area contributed by atoms with Crippen molar-refractivity contribution in [1.29, 1.82) is 0 Å². The molecule has 0 bridgehead atoms. The predicted octanol–water partition coefficient (Wildman–Crippen LogP) is 2.79. The number of carbonyl (C=O) groups is 1. The van der Waals surface area contributed by atoms with Gasteiger partial charge in [-0.1, -0.05) is 0 Å². The molecule has 20 heavy (non-hydrogen) atoms. The third-order valence-corrected chi connectivity index (χ3v) is 4.13. The number of carboxylic acid groups (broad SMARTS) is 1. The molecule has 0 amide bonds. The molecule has 1 N–H and O–H groups in total. The van der Waals surface area contributed by atoms with E-state index in [1.54, 1.807) is 13.2 Å². The molecule has 1 saturated carbocycles. The first-order valence-corrected chi connectivity index (χ1v) is 7.12. The minimum absolute atomic E-state index is 0.00221. The number of rotatable bonds is 8. The zero-order valence-electron chi connectivity index (χ0n) is 12.3. The van der Waals surface area contributed by atoms with E-state index >= 15 is 0 Å². The molecule has 1 aromatic rings. The van der Waals surface area contributed by atoms with E-state index in [4.69, 9.17) is 14.3 Å². The van der Waals surface area contributed by atoms with E-state index in [-0.39, 0.29) is 11.8 Å². The summed E-state index contributed by atoms with van der Waals surface area (Å²) in [6.45, 7) is 5.76. The summed E-state index contributed by atoms with van der Waals surface area (Å²) in [6, 6.07) is 3.78. The molecule has 112 valence electrons. The number of aromatic carboxylic acids is 1. The van der Waals surface area contributed by atoms with Gasteiger partial charge in [-0.15, -0.1) is 0 Å². The fourth-order valence-electron chi connectivity index (χ4n) is 2.65. The van der Waals surface area contributed by atoms with Gasteiger partial charge in [0.1, 0.15) is 5.76 Å². The number of carboxylic acids is 1. The lowest BCUT2D eigenvalue weighted by molar-refractivity contribution is 0.0634. The van der Waals surface area contributed by atoms with Gasteiger partial charge in [0.05, 0.1) is 12.6 Å². The summed E-state index contributed by atoms with van der Waals surface area (Å²) >= 11 is 0. The Kier molecular flexibility index (Phi) is 4.83. The molecule has 5 nitrogen and oxygen atoms in total. The maximum atomic E-state index is 10.9. The smallest absolute Gasteiger partial charge is 0.371 e. The van der Waals surface area contributed by atoms with Crippen molar-refractivity contribution in [3.8, 4) is 0 Å². The van der Waals surface area contributed by atoms with Crippen LogP contribution in [0.5, 0.6) is 0 Å². The van der Waals surface area contributed by atoms with Gasteiger partial charge in [-0.25, -0.2) is 4.79 Å². The van der Waals surface area contributed by atoms with Crippen LogP contribution in [-0.4, -0.2) is 42.3 Å². The van der Waals surface area contributed by atoms with Crippen molar-refractivity contribution in [2.45, 2.75) is 38.8 Å². The molecule has 0 spiro atoms. The highest BCUT2D eigenvalue weighted by atomic mass is 16.5. The maximum Gasteiger partial charge on any atom is 0.371 e. The first-order chi connectivity index (χ1) is 9.54. The Morgan fingerprint density at radius 3 is 2.70 bits per heavy atom. The minimum Gasteiger partial charge on any atom is -0.475 e. The SMILES string of the molecule is COCCN(C(C)c1ccc(C(=O)O)o1)C(C)C1CC1. The van der Waals surface area contributed by atoms with Crippen LogP contribution in [0.15, 0.2) is 16.5 Å². The topological polar surface area (TPSA) is 62.9 Å². The normalized spacial score (nSPS) is 18.2. The highest BCUT2D eigenvalue weighted by Crippen LogP contribution is 2.38. The Bertz CT molecular complexity index is 452.